The summed E-state index contributed by atoms with van der Waals surface area (Å²) in [7, 11) is 3.25. The topological polar surface area (TPSA) is 79.8 Å². The van der Waals surface area contributed by atoms with Crippen LogP contribution in [-0.2, 0) is 11.3 Å². The number of aryl methyl sites for hydroxylation is 1. The van der Waals surface area contributed by atoms with Gasteiger partial charge in [-0.25, -0.2) is 4.98 Å². The van der Waals surface area contributed by atoms with Gasteiger partial charge in [-0.1, -0.05) is 6.07 Å². The Balaban J connectivity index is 1.68. The Morgan fingerprint density at radius 3 is 2.43 bits per heavy atom. The van der Waals surface area contributed by atoms with E-state index in [1.165, 1.54) is 0 Å². The number of ether oxygens (including phenoxy) is 2. The summed E-state index contributed by atoms with van der Waals surface area (Å²) in [6, 6.07) is 7.75. The molecule has 0 saturated carbocycles. The van der Waals surface area contributed by atoms with Gasteiger partial charge in [-0.3, -0.25) is 4.79 Å². The van der Waals surface area contributed by atoms with Crippen molar-refractivity contribution in [2.75, 3.05) is 50.6 Å². The quantitative estimate of drug-likeness (QED) is 0.815. The zero-order valence-electron chi connectivity index (χ0n) is 16.9. The van der Waals surface area contributed by atoms with E-state index >= 15 is 0 Å². The summed E-state index contributed by atoms with van der Waals surface area (Å²) >= 11 is 0. The molecule has 0 bridgehead atoms. The van der Waals surface area contributed by atoms with Crippen LogP contribution >= 0.6 is 0 Å². The minimum absolute atomic E-state index is 0.113. The molecule has 3 rings (SSSR count). The van der Waals surface area contributed by atoms with Gasteiger partial charge in [0.05, 0.1) is 14.2 Å². The Labute approximate surface area is 165 Å². The lowest BCUT2D eigenvalue weighted by Gasteiger charge is -2.34. The number of benzene rings is 1. The van der Waals surface area contributed by atoms with Crippen LogP contribution in [0.4, 0.5) is 11.8 Å². The summed E-state index contributed by atoms with van der Waals surface area (Å²) in [6.45, 7) is 7.03. The van der Waals surface area contributed by atoms with Crippen molar-refractivity contribution in [3.05, 3.63) is 35.5 Å². The maximum absolute atomic E-state index is 11.5. The molecule has 1 aromatic carbocycles. The van der Waals surface area contributed by atoms with Crippen molar-refractivity contribution in [1.82, 2.24) is 14.9 Å². The molecule has 1 saturated heterocycles. The van der Waals surface area contributed by atoms with Crippen LogP contribution < -0.4 is 19.7 Å². The van der Waals surface area contributed by atoms with Crippen molar-refractivity contribution in [2.24, 2.45) is 0 Å². The van der Waals surface area contributed by atoms with Gasteiger partial charge in [0, 0.05) is 51.4 Å². The Morgan fingerprint density at radius 2 is 1.79 bits per heavy atom. The molecule has 150 valence electrons. The Kier molecular flexibility index (Phi) is 6.18. The van der Waals surface area contributed by atoms with Crippen LogP contribution in [0.1, 0.15) is 18.2 Å². The van der Waals surface area contributed by atoms with Gasteiger partial charge in [-0.15, -0.1) is 0 Å². The maximum atomic E-state index is 11.5. The van der Waals surface area contributed by atoms with E-state index in [2.05, 4.69) is 20.2 Å². The highest BCUT2D eigenvalue weighted by molar-refractivity contribution is 5.73. The molecule has 28 heavy (non-hydrogen) atoms. The number of carbonyl (C=O) groups is 1. The number of methoxy groups -OCH3 is 2. The first kappa shape index (κ1) is 19.7. The standard InChI is InChI=1S/C20H27N5O3/c1-14-11-19(21-13-16-5-6-17(27-3)18(12-16)28-4)23-20(22-14)25-9-7-24(8-10-25)15(2)26/h5-6,11-12H,7-10,13H2,1-4H3,(H,21,22,23). The second kappa shape index (κ2) is 8.77. The van der Waals surface area contributed by atoms with Crippen LogP contribution in [0.25, 0.3) is 0 Å². The molecule has 1 aliphatic rings. The number of hydrogen-bond acceptors (Lipinski definition) is 7. The third kappa shape index (κ3) is 4.62. The SMILES string of the molecule is COc1ccc(CNc2cc(C)nc(N3CCN(C(C)=O)CC3)n2)cc1OC. The van der Waals surface area contributed by atoms with Crippen LogP contribution in [0, 0.1) is 6.92 Å². The van der Waals surface area contributed by atoms with Gasteiger partial charge in [0.25, 0.3) is 0 Å². The number of amides is 1. The highest BCUT2D eigenvalue weighted by Gasteiger charge is 2.21. The molecule has 0 spiro atoms. The lowest BCUT2D eigenvalue weighted by atomic mass is 10.2. The number of piperazine rings is 1. The number of nitrogens with zero attached hydrogens (tertiary/aromatic N) is 4. The predicted molar refractivity (Wildman–Crippen MR) is 108 cm³/mol. The van der Waals surface area contributed by atoms with Gasteiger partial charge in [-0.05, 0) is 24.6 Å². The first-order valence-electron chi connectivity index (χ1n) is 9.31. The van der Waals surface area contributed by atoms with Crippen LogP contribution in [0.5, 0.6) is 11.5 Å². The lowest BCUT2D eigenvalue weighted by molar-refractivity contribution is -0.129. The van der Waals surface area contributed by atoms with E-state index in [0.717, 1.165) is 30.2 Å². The summed E-state index contributed by atoms with van der Waals surface area (Å²) < 4.78 is 10.6. The van der Waals surface area contributed by atoms with E-state index in [1.54, 1.807) is 21.1 Å². The first-order chi connectivity index (χ1) is 13.5. The van der Waals surface area contributed by atoms with Gasteiger partial charge in [0.2, 0.25) is 11.9 Å². The number of rotatable bonds is 6. The summed E-state index contributed by atoms with van der Waals surface area (Å²) in [5.41, 5.74) is 1.96. The Morgan fingerprint density at radius 1 is 1.07 bits per heavy atom. The van der Waals surface area contributed by atoms with Gasteiger partial charge in [-0.2, -0.15) is 4.98 Å². The van der Waals surface area contributed by atoms with E-state index in [-0.39, 0.29) is 5.91 Å². The van der Waals surface area contributed by atoms with E-state index in [1.807, 2.05) is 36.1 Å². The second-order valence-electron chi connectivity index (χ2n) is 6.73. The molecule has 8 heteroatoms. The second-order valence-corrected chi connectivity index (χ2v) is 6.73. The Hall–Kier alpha value is -3.03. The lowest BCUT2D eigenvalue weighted by Crippen LogP contribution is -2.48. The number of aromatic nitrogens is 2. The fourth-order valence-corrected chi connectivity index (χ4v) is 3.19. The van der Waals surface area contributed by atoms with Crippen LogP contribution in [-0.4, -0.2) is 61.2 Å². The van der Waals surface area contributed by atoms with E-state index < -0.39 is 0 Å². The minimum atomic E-state index is 0.113. The van der Waals surface area contributed by atoms with Crippen molar-refractivity contribution in [3.63, 3.8) is 0 Å². The molecular weight excluding hydrogens is 358 g/mol. The highest BCUT2D eigenvalue weighted by atomic mass is 16.5. The van der Waals surface area contributed by atoms with Crippen molar-refractivity contribution in [3.8, 4) is 11.5 Å². The Bertz CT molecular complexity index is 835. The third-order valence-electron chi connectivity index (χ3n) is 4.77. The molecule has 1 amide bonds. The van der Waals surface area contributed by atoms with Gasteiger partial charge >= 0.3 is 0 Å². The highest BCUT2D eigenvalue weighted by Crippen LogP contribution is 2.28. The number of anilines is 2. The summed E-state index contributed by atoms with van der Waals surface area (Å²) in [5, 5.41) is 3.36. The summed E-state index contributed by atoms with van der Waals surface area (Å²) in [5.74, 6) is 2.98. The summed E-state index contributed by atoms with van der Waals surface area (Å²) in [6.07, 6.45) is 0. The van der Waals surface area contributed by atoms with Crippen LogP contribution in [0.3, 0.4) is 0 Å². The average molecular weight is 385 g/mol. The monoisotopic (exact) mass is 385 g/mol. The van der Waals surface area contributed by atoms with Gasteiger partial charge in [0.15, 0.2) is 11.5 Å². The van der Waals surface area contributed by atoms with Crippen LogP contribution in [0.15, 0.2) is 24.3 Å². The van der Waals surface area contributed by atoms with Crippen LogP contribution in [0.2, 0.25) is 0 Å². The normalized spacial score (nSPS) is 14.0. The first-order valence-corrected chi connectivity index (χ1v) is 9.31. The minimum Gasteiger partial charge on any atom is -0.493 e. The molecule has 8 nitrogen and oxygen atoms in total. The third-order valence-corrected chi connectivity index (χ3v) is 4.77. The molecule has 1 aromatic heterocycles. The molecule has 0 aliphatic carbocycles. The molecule has 0 radical (unpaired) electrons. The van der Waals surface area contributed by atoms with E-state index in [9.17, 15) is 4.79 Å². The number of nitrogens with one attached hydrogen (secondary N) is 1. The largest absolute Gasteiger partial charge is 0.493 e. The number of carbonyl (C=O) groups excluding carboxylic acids is 1. The molecule has 1 fully saturated rings. The average Bonchev–Trinajstić information content (AvgIpc) is 2.71. The van der Waals surface area contributed by atoms with E-state index in [4.69, 9.17) is 9.47 Å². The summed E-state index contributed by atoms with van der Waals surface area (Å²) in [4.78, 5) is 24.7. The zero-order chi connectivity index (χ0) is 20.1. The molecule has 1 N–H and O–H groups in total. The molecule has 0 unspecified atom stereocenters. The van der Waals surface area contributed by atoms with Crippen molar-refractivity contribution in [2.45, 2.75) is 20.4 Å². The number of hydrogen-bond donors (Lipinski definition) is 1. The predicted octanol–water partition coefficient (Wildman–Crippen LogP) is 2.08. The molecule has 0 atom stereocenters. The smallest absolute Gasteiger partial charge is 0.227 e. The van der Waals surface area contributed by atoms with Crippen molar-refractivity contribution < 1.29 is 14.3 Å². The molecule has 2 heterocycles. The fourth-order valence-electron chi connectivity index (χ4n) is 3.19. The molecule has 1 aliphatic heterocycles. The maximum Gasteiger partial charge on any atom is 0.227 e. The van der Waals surface area contributed by atoms with Crippen molar-refractivity contribution in [1.29, 1.82) is 0 Å². The van der Waals surface area contributed by atoms with Gasteiger partial charge in [0.1, 0.15) is 5.82 Å². The zero-order valence-corrected chi connectivity index (χ0v) is 16.9. The van der Waals surface area contributed by atoms with Crippen molar-refractivity contribution >= 4 is 17.7 Å². The van der Waals surface area contributed by atoms with E-state index in [0.29, 0.717) is 37.1 Å². The molecular formula is C20H27N5O3. The molecule has 2 aromatic rings. The van der Waals surface area contributed by atoms with Gasteiger partial charge < -0.3 is 24.6 Å². The fraction of sp³-hybridized carbons (Fsp3) is 0.450.